The topological polar surface area (TPSA) is 12.0 Å². The van der Waals surface area contributed by atoms with Gasteiger partial charge in [-0.15, -0.1) is 0 Å². The third kappa shape index (κ3) is 2.82. The molecule has 2 aromatic rings. The van der Waals surface area contributed by atoms with Gasteiger partial charge in [-0.05, 0) is 37.7 Å². The molecule has 1 nitrogen and oxygen atoms in total. The first-order chi connectivity index (χ1) is 9.54. The average molecular weight is 283 g/mol. The van der Waals surface area contributed by atoms with E-state index in [0.29, 0.717) is 0 Å². The zero-order chi connectivity index (χ0) is 14.7. The molecule has 0 spiro atoms. The highest BCUT2D eigenvalue weighted by molar-refractivity contribution is 5.28. The van der Waals surface area contributed by atoms with E-state index in [1.807, 2.05) is 0 Å². The molecular formula is C15H13F4N. The van der Waals surface area contributed by atoms with E-state index in [2.05, 4.69) is 5.32 Å². The number of nitrogens with one attached hydrogen (secondary N) is 1. The first-order valence-corrected chi connectivity index (χ1v) is 6.08. The van der Waals surface area contributed by atoms with Crippen LogP contribution in [0.1, 0.15) is 17.2 Å². The van der Waals surface area contributed by atoms with Gasteiger partial charge < -0.3 is 5.32 Å². The molecule has 0 aromatic heterocycles. The fraction of sp³-hybridized carbons (Fsp3) is 0.200. The van der Waals surface area contributed by atoms with Crippen molar-refractivity contribution in [1.29, 1.82) is 0 Å². The lowest BCUT2D eigenvalue weighted by Crippen LogP contribution is -2.22. The van der Waals surface area contributed by atoms with Crippen molar-refractivity contribution >= 4 is 0 Å². The summed E-state index contributed by atoms with van der Waals surface area (Å²) in [4.78, 5) is 0. The monoisotopic (exact) mass is 283 g/mol. The normalized spacial score (nSPS) is 12.4. The summed E-state index contributed by atoms with van der Waals surface area (Å²) in [5, 5.41) is 2.69. The molecule has 1 N–H and O–H groups in total. The van der Waals surface area contributed by atoms with E-state index < -0.39 is 29.3 Å². The first-order valence-electron chi connectivity index (χ1n) is 6.08. The summed E-state index contributed by atoms with van der Waals surface area (Å²) in [6.45, 7) is 0. The highest BCUT2D eigenvalue weighted by Crippen LogP contribution is 2.26. The Morgan fingerprint density at radius 3 is 1.75 bits per heavy atom. The Hall–Kier alpha value is -1.88. The van der Waals surface area contributed by atoms with Gasteiger partial charge in [0.05, 0.1) is 0 Å². The Kier molecular flexibility index (Phi) is 4.39. The van der Waals surface area contributed by atoms with Crippen LogP contribution in [0.5, 0.6) is 0 Å². The summed E-state index contributed by atoms with van der Waals surface area (Å²) in [6.07, 6.45) is -0.188. The molecular weight excluding hydrogens is 270 g/mol. The quantitative estimate of drug-likeness (QED) is 0.843. The predicted octanol–water partition coefficient (Wildman–Crippen LogP) is 3.75. The molecule has 1 atom stereocenters. The standard InChI is InChI=1S/C15H13F4N/c1-20-14(15-12(18)6-3-7-13(15)19)8-9-10(16)4-2-5-11(9)17/h2-7,14,20H,8H2,1H3. The van der Waals surface area contributed by atoms with E-state index in [9.17, 15) is 17.6 Å². The predicted molar refractivity (Wildman–Crippen MR) is 68.2 cm³/mol. The van der Waals surface area contributed by atoms with Crippen molar-refractivity contribution in [3.05, 3.63) is 70.8 Å². The van der Waals surface area contributed by atoms with Crippen LogP contribution < -0.4 is 5.32 Å². The van der Waals surface area contributed by atoms with Crippen LogP contribution in [0.3, 0.4) is 0 Å². The second-order valence-electron chi connectivity index (χ2n) is 4.38. The minimum Gasteiger partial charge on any atom is -0.313 e. The molecule has 5 heteroatoms. The third-order valence-corrected chi connectivity index (χ3v) is 3.17. The van der Waals surface area contributed by atoms with Crippen LogP contribution in [0.4, 0.5) is 17.6 Å². The van der Waals surface area contributed by atoms with Crippen molar-refractivity contribution in [3.63, 3.8) is 0 Å². The maximum atomic E-state index is 13.7. The van der Waals surface area contributed by atoms with Gasteiger partial charge in [0.1, 0.15) is 23.3 Å². The van der Waals surface area contributed by atoms with Gasteiger partial charge in [0.25, 0.3) is 0 Å². The highest BCUT2D eigenvalue weighted by Gasteiger charge is 2.21. The fourth-order valence-electron chi connectivity index (χ4n) is 2.12. The van der Waals surface area contributed by atoms with Gasteiger partial charge in [-0.25, -0.2) is 17.6 Å². The van der Waals surface area contributed by atoms with Gasteiger partial charge in [-0.1, -0.05) is 12.1 Å². The van der Waals surface area contributed by atoms with Crippen molar-refractivity contribution in [1.82, 2.24) is 5.32 Å². The number of likely N-dealkylation sites (N-methyl/N-ethyl adjacent to an activating group) is 1. The lowest BCUT2D eigenvalue weighted by molar-refractivity contribution is 0.470. The molecule has 0 bridgehead atoms. The number of rotatable bonds is 4. The van der Waals surface area contributed by atoms with E-state index >= 15 is 0 Å². The zero-order valence-electron chi connectivity index (χ0n) is 10.8. The van der Waals surface area contributed by atoms with Crippen LogP contribution >= 0.6 is 0 Å². The van der Waals surface area contributed by atoms with Crippen LogP contribution in [0.2, 0.25) is 0 Å². The number of hydrogen-bond acceptors (Lipinski definition) is 1. The molecule has 0 aliphatic rings. The Morgan fingerprint density at radius 2 is 1.30 bits per heavy atom. The van der Waals surface area contributed by atoms with E-state index in [4.69, 9.17) is 0 Å². The van der Waals surface area contributed by atoms with E-state index in [-0.39, 0.29) is 17.5 Å². The summed E-state index contributed by atoms with van der Waals surface area (Å²) < 4.78 is 54.7. The first kappa shape index (κ1) is 14.5. The van der Waals surface area contributed by atoms with Crippen molar-refractivity contribution in [3.8, 4) is 0 Å². The van der Waals surface area contributed by atoms with E-state index in [1.165, 1.54) is 19.2 Å². The minimum atomic E-state index is -0.859. The molecule has 1 unspecified atom stereocenters. The molecule has 0 aliphatic heterocycles. The van der Waals surface area contributed by atoms with Gasteiger partial charge in [-0.3, -0.25) is 0 Å². The van der Waals surface area contributed by atoms with Crippen LogP contribution in [0, 0.1) is 23.3 Å². The molecule has 2 rings (SSSR count). The summed E-state index contributed by atoms with van der Waals surface area (Å²) in [5.41, 5.74) is -0.424. The van der Waals surface area contributed by atoms with Crippen LogP contribution in [0.15, 0.2) is 36.4 Å². The lowest BCUT2D eigenvalue weighted by Gasteiger charge is -2.18. The van der Waals surface area contributed by atoms with Crippen molar-refractivity contribution in [2.24, 2.45) is 0 Å². The van der Waals surface area contributed by atoms with Crippen LogP contribution in [-0.2, 0) is 6.42 Å². The molecule has 0 aliphatic carbocycles. The number of hydrogen-bond donors (Lipinski definition) is 1. The Bertz CT molecular complexity index is 572. The maximum Gasteiger partial charge on any atom is 0.130 e. The average Bonchev–Trinajstić information content (AvgIpc) is 2.40. The molecule has 0 radical (unpaired) electrons. The molecule has 106 valence electrons. The van der Waals surface area contributed by atoms with Crippen LogP contribution in [0.25, 0.3) is 0 Å². The van der Waals surface area contributed by atoms with Gasteiger partial charge in [0.2, 0.25) is 0 Å². The fourth-order valence-corrected chi connectivity index (χ4v) is 2.12. The molecule has 0 fully saturated rings. The van der Waals surface area contributed by atoms with E-state index in [0.717, 1.165) is 24.3 Å². The smallest absolute Gasteiger partial charge is 0.130 e. The van der Waals surface area contributed by atoms with Crippen molar-refractivity contribution < 1.29 is 17.6 Å². The molecule has 0 amide bonds. The summed E-state index contributed by atoms with van der Waals surface area (Å²) in [5.74, 6) is -2.97. The van der Waals surface area contributed by atoms with Gasteiger partial charge in [0, 0.05) is 17.2 Å². The number of halogens is 4. The van der Waals surface area contributed by atoms with Gasteiger partial charge in [-0.2, -0.15) is 0 Å². The maximum absolute atomic E-state index is 13.7. The minimum absolute atomic E-state index is 0.188. The summed E-state index contributed by atoms with van der Waals surface area (Å²) >= 11 is 0. The Labute approximate surface area is 114 Å². The second kappa shape index (κ2) is 6.05. The molecule has 2 aromatic carbocycles. The molecule has 0 saturated carbocycles. The molecule has 0 saturated heterocycles. The van der Waals surface area contributed by atoms with Gasteiger partial charge >= 0.3 is 0 Å². The highest BCUT2D eigenvalue weighted by atomic mass is 19.1. The second-order valence-corrected chi connectivity index (χ2v) is 4.38. The van der Waals surface area contributed by atoms with Gasteiger partial charge in [0.15, 0.2) is 0 Å². The zero-order valence-corrected chi connectivity index (χ0v) is 10.8. The largest absolute Gasteiger partial charge is 0.313 e. The Morgan fingerprint density at radius 1 is 0.850 bits per heavy atom. The Balaban J connectivity index is 2.39. The molecule has 0 heterocycles. The summed E-state index contributed by atoms with van der Waals surface area (Å²) in [7, 11) is 1.48. The van der Waals surface area contributed by atoms with Crippen molar-refractivity contribution in [2.45, 2.75) is 12.5 Å². The third-order valence-electron chi connectivity index (χ3n) is 3.17. The van der Waals surface area contributed by atoms with Crippen LogP contribution in [-0.4, -0.2) is 7.05 Å². The van der Waals surface area contributed by atoms with E-state index in [1.54, 1.807) is 0 Å². The lowest BCUT2D eigenvalue weighted by atomic mass is 9.97. The summed E-state index contributed by atoms with van der Waals surface area (Å²) in [6, 6.07) is 6.08. The molecule has 20 heavy (non-hydrogen) atoms. The number of benzene rings is 2. The van der Waals surface area contributed by atoms with Crippen molar-refractivity contribution in [2.75, 3.05) is 7.05 Å². The SMILES string of the molecule is CNC(Cc1c(F)cccc1F)c1c(F)cccc1F.